The quantitative estimate of drug-likeness (QED) is 0.895. The van der Waals surface area contributed by atoms with Crippen molar-refractivity contribution in [3.63, 3.8) is 0 Å². The summed E-state index contributed by atoms with van der Waals surface area (Å²) >= 11 is 0. The van der Waals surface area contributed by atoms with E-state index in [0.29, 0.717) is 23.6 Å². The highest BCUT2D eigenvalue weighted by molar-refractivity contribution is 5.70. The molecule has 3 nitrogen and oxygen atoms in total. The summed E-state index contributed by atoms with van der Waals surface area (Å²) in [5, 5.41) is 0. The fourth-order valence-corrected chi connectivity index (χ4v) is 1.68. The van der Waals surface area contributed by atoms with Crippen LogP contribution in [0.25, 0.3) is 11.3 Å². The molecule has 0 spiro atoms. The maximum absolute atomic E-state index is 12.4. The second-order valence-electron chi connectivity index (χ2n) is 3.84. The largest absolute Gasteiger partial charge is 0.416 e. The SMILES string of the molecule is CCn1cnc(-c2ccc(C(F)(F)F)cc2)c1N. The van der Waals surface area contributed by atoms with E-state index in [1.54, 1.807) is 10.9 Å². The van der Waals surface area contributed by atoms with E-state index in [4.69, 9.17) is 5.73 Å². The van der Waals surface area contributed by atoms with Crippen LogP contribution in [0.3, 0.4) is 0 Å². The molecule has 96 valence electrons. The number of halogens is 3. The number of hydrogen-bond acceptors (Lipinski definition) is 2. The molecule has 0 aliphatic rings. The zero-order valence-electron chi connectivity index (χ0n) is 9.70. The Morgan fingerprint density at radius 3 is 2.28 bits per heavy atom. The molecule has 18 heavy (non-hydrogen) atoms. The van der Waals surface area contributed by atoms with E-state index >= 15 is 0 Å². The van der Waals surface area contributed by atoms with Gasteiger partial charge in [0.1, 0.15) is 11.5 Å². The predicted octanol–water partition coefficient (Wildman–Crippen LogP) is 3.17. The van der Waals surface area contributed by atoms with Crippen molar-refractivity contribution in [2.75, 3.05) is 5.73 Å². The number of nitrogen functional groups attached to an aromatic ring is 1. The number of aromatic nitrogens is 2. The van der Waals surface area contributed by atoms with E-state index in [1.165, 1.54) is 12.1 Å². The number of anilines is 1. The smallest absolute Gasteiger partial charge is 0.383 e. The molecule has 1 aromatic heterocycles. The first-order chi connectivity index (χ1) is 8.43. The summed E-state index contributed by atoms with van der Waals surface area (Å²) in [6.45, 7) is 2.58. The van der Waals surface area contributed by atoms with Gasteiger partial charge in [-0.25, -0.2) is 4.98 Å². The molecule has 0 radical (unpaired) electrons. The molecule has 1 aromatic carbocycles. The summed E-state index contributed by atoms with van der Waals surface area (Å²) < 4.78 is 39.0. The number of alkyl halides is 3. The Labute approximate surface area is 102 Å². The van der Waals surface area contributed by atoms with Gasteiger partial charge in [0.25, 0.3) is 0 Å². The number of imidazole rings is 1. The van der Waals surface area contributed by atoms with Crippen molar-refractivity contribution in [1.82, 2.24) is 9.55 Å². The fourth-order valence-electron chi connectivity index (χ4n) is 1.68. The van der Waals surface area contributed by atoms with Crippen LogP contribution in [0.15, 0.2) is 30.6 Å². The van der Waals surface area contributed by atoms with Crippen LogP contribution in [0.2, 0.25) is 0 Å². The number of rotatable bonds is 2. The Morgan fingerprint density at radius 1 is 1.22 bits per heavy atom. The molecule has 0 aliphatic heterocycles. The van der Waals surface area contributed by atoms with E-state index in [1.807, 2.05) is 6.92 Å². The van der Waals surface area contributed by atoms with E-state index in [2.05, 4.69) is 4.98 Å². The molecule has 0 unspecified atom stereocenters. The van der Waals surface area contributed by atoms with E-state index < -0.39 is 11.7 Å². The Bertz CT molecular complexity index is 541. The van der Waals surface area contributed by atoms with Gasteiger partial charge in [0, 0.05) is 12.1 Å². The first kappa shape index (κ1) is 12.5. The van der Waals surface area contributed by atoms with Crippen molar-refractivity contribution in [3.05, 3.63) is 36.2 Å². The van der Waals surface area contributed by atoms with Gasteiger partial charge >= 0.3 is 6.18 Å². The third kappa shape index (κ3) is 2.18. The molecule has 0 aliphatic carbocycles. The lowest BCUT2D eigenvalue weighted by Crippen LogP contribution is -2.04. The average Bonchev–Trinajstić information content (AvgIpc) is 2.69. The molecule has 1 heterocycles. The molecule has 6 heteroatoms. The molecule has 2 aromatic rings. The van der Waals surface area contributed by atoms with Crippen molar-refractivity contribution in [2.45, 2.75) is 19.6 Å². The molecular weight excluding hydrogens is 243 g/mol. The predicted molar refractivity (Wildman–Crippen MR) is 62.8 cm³/mol. The standard InChI is InChI=1S/C12H12F3N3/c1-2-18-7-17-10(11(18)16)8-3-5-9(6-4-8)12(13,14)15/h3-7H,2,16H2,1H3. The minimum Gasteiger partial charge on any atom is -0.383 e. The first-order valence-electron chi connectivity index (χ1n) is 5.41. The molecule has 0 saturated carbocycles. The van der Waals surface area contributed by atoms with Crippen LogP contribution < -0.4 is 5.73 Å². The Balaban J connectivity index is 2.37. The monoisotopic (exact) mass is 255 g/mol. The summed E-state index contributed by atoms with van der Waals surface area (Å²) in [7, 11) is 0. The molecule has 2 N–H and O–H groups in total. The lowest BCUT2D eigenvalue weighted by atomic mass is 10.1. The van der Waals surface area contributed by atoms with Crippen molar-refractivity contribution < 1.29 is 13.2 Å². The van der Waals surface area contributed by atoms with Gasteiger partial charge in [-0.3, -0.25) is 0 Å². The van der Waals surface area contributed by atoms with E-state index in [0.717, 1.165) is 12.1 Å². The third-order valence-corrected chi connectivity index (χ3v) is 2.70. The topological polar surface area (TPSA) is 43.8 Å². The van der Waals surface area contributed by atoms with Crippen LogP contribution >= 0.6 is 0 Å². The van der Waals surface area contributed by atoms with Crippen LogP contribution in [0, 0.1) is 0 Å². The summed E-state index contributed by atoms with van der Waals surface area (Å²) in [6.07, 6.45) is -2.75. The van der Waals surface area contributed by atoms with Crippen LogP contribution in [-0.2, 0) is 12.7 Å². The molecule has 0 bridgehead atoms. The number of benzene rings is 1. The number of nitrogens with two attached hydrogens (primary N) is 1. The van der Waals surface area contributed by atoms with Gasteiger partial charge in [-0.05, 0) is 19.1 Å². The zero-order chi connectivity index (χ0) is 13.3. The van der Waals surface area contributed by atoms with Crippen molar-refractivity contribution >= 4 is 5.82 Å². The normalized spacial score (nSPS) is 11.8. The van der Waals surface area contributed by atoms with Gasteiger partial charge in [0.2, 0.25) is 0 Å². The van der Waals surface area contributed by atoms with Crippen LogP contribution in [0.4, 0.5) is 19.0 Å². The summed E-state index contributed by atoms with van der Waals surface area (Å²) in [4.78, 5) is 4.11. The lowest BCUT2D eigenvalue weighted by molar-refractivity contribution is -0.137. The Hall–Kier alpha value is -1.98. The maximum atomic E-state index is 12.4. The van der Waals surface area contributed by atoms with Crippen molar-refractivity contribution in [3.8, 4) is 11.3 Å². The van der Waals surface area contributed by atoms with Gasteiger partial charge in [0.05, 0.1) is 11.9 Å². The van der Waals surface area contributed by atoms with E-state index in [-0.39, 0.29) is 0 Å². The van der Waals surface area contributed by atoms with Crippen LogP contribution in [0.5, 0.6) is 0 Å². The van der Waals surface area contributed by atoms with Gasteiger partial charge in [-0.1, -0.05) is 12.1 Å². The second kappa shape index (κ2) is 4.36. The van der Waals surface area contributed by atoms with Gasteiger partial charge in [0.15, 0.2) is 0 Å². The Kier molecular flexibility index (Phi) is 3.02. The van der Waals surface area contributed by atoms with E-state index in [9.17, 15) is 13.2 Å². The van der Waals surface area contributed by atoms with Gasteiger partial charge in [-0.2, -0.15) is 13.2 Å². The minimum absolute atomic E-state index is 0.456. The highest BCUT2D eigenvalue weighted by atomic mass is 19.4. The summed E-state index contributed by atoms with van der Waals surface area (Å²) in [5.74, 6) is 0.456. The van der Waals surface area contributed by atoms with Crippen LogP contribution in [0.1, 0.15) is 12.5 Å². The third-order valence-electron chi connectivity index (χ3n) is 2.70. The highest BCUT2D eigenvalue weighted by Crippen LogP contribution is 2.31. The first-order valence-corrected chi connectivity index (χ1v) is 5.41. The number of aryl methyl sites for hydroxylation is 1. The van der Waals surface area contributed by atoms with Gasteiger partial charge < -0.3 is 10.3 Å². The van der Waals surface area contributed by atoms with Crippen molar-refractivity contribution in [1.29, 1.82) is 0 Å². The van der Waals surface area contributed by atoms with Crippen molar-refractivity contribution in [2.24, 2.45) is 0 Å². The fraction of sp³-hybridized carbons (Fsp3) is 0.250. The summed E-state index contributed by atoms with van der Waals surface area (Å²) in [5.41, 5.74) is 6.25. The molecule has 0 amide bonds. The molecule has 0 atom stereocenters. The number of nitrogens with zero attached hydrogens (tertiary/aromatic N) is 2. The molecular formula is C12H12F3N3. The second-order valence-corrected chi connectivity index (χ2v) is 3.84. The molecule has 0 saturated heterocycles. The van der Waals surface area contributed by atoms with Crippen LogP contribution in [-0.4, -0.2) is 9.55 Å². The van der Waals surface area contributed by atoms with Gasteiger partial charge in [-0.15, -0.1) is 0 Å². The number of hydrogen-bond donors (Lipinski definition) is 1. The minimum atomic E-state index is -4.33. The highest BCUT2D eigenvalue weighted by Gasteiger charge is 2.30. The average molecular weight is 255 g/mol. The summed E-state index contributed by atoms with van der Waals surface area (Å²) in [6, 6.07) is 4.81. The lowest BCUT2D eigenvalue weighted by Gasteiger charge is -2.07. The molecule has 0 fully saturated rings. The zero-order valence-corrected chi connectivity index (χ0v) is 9.70. The maximum Gasteiger partial charge on any atom is 0.416 e. The Morgan fingerprint density at radius 2 is 1.83 bits per heavy atom. The molecule has 2 rings (SSSR count).